The van der Waals surface area contributed by atoms with Gasteiger partial charge in [-0.2, -0.15) is 0 Å². The Morgan fingerprint density at radius 2 is 1.93 bits per heavy atom. The summed E-state index contributed by atoms with van der Waals surface area (Å²) in [7, 11) is 0. The molecule has 0 amide bonds. The zero-order valence-electron chi connectivity index (χ0n) is 10.3. The lowest BCUT2D eigenvalue weighted by molar-refractivity contribution is 0.105. The van der Waals surface area contributed by atoms with Crippen molar-refractivity contribution in [1.82, 2.24) is 4.90 Å². The second kappa shape index (κ2) is 7.67. The fourth-order valence-corrected chi connectivity index (χ4v) is 2.57. The summed E-state index contributed by atoms with van der Waals surface area (Å²) in [5.41, 5.74) is 0. The average molecular weight is 276 g/mol. The molecule has 0 N–H and O–H groups in total. The molecule has 90 valence electrons. The minimum atomic E-state index is 0.918. The van der Waals surface area contributed by atoms with Crippen LogP contribution in [0.5, 0.6) is 0 Å². The zero-order valence-corrected chi connectivity index (χ0v) is 11.9. The number of rotatable bonds is 8. The lowest BCUT2D eigenvalue weighted by atomic mass is 9.90. The van der Waals surface area contributed by atoms with Gasteiger partial charge in [-0.15, -0.1) is 0 Å². The third-order valence-electron chi connectivity index (χ3n) is 3.82. The van der Waals surface area contributed by atoms with E-state index in [2.05, 4.69) is 34.7 Å². The molecule has 1 aliphatic rings. The highest BCUT2D eigenvalue weighted by Crippen LogP contribution is 2.26. The van der Waals surface area contributed by atoms with Crippen LogP contribution in [0.1, 0.15) is 52.4 Å². The van der Waals surface area contributed by atoms with Crippen LogP contribution in [-0.4, -0.2) is 29.4 Å². The van der Waals surface area contributed by atoms with E-state index in [9.17, 15) is 0 Å². The number of hydrogen-bond acceptors (Lipinski definition) is 1. The molecule has 15 heavy (non-hydrogen) atoms. The standard InChI is InChI=1S/C13H26BrN/c1-3-12(4-2)11-15(10-6-9-14)13-7-5-8-13/h12-13H,3-11H2,1-2H3. The van der Waals surface area contributed by atoms with Crippen LogP contribution in [0.4, 0.5) is 0 Å². The van der Waals surface area contributed by atoms with Crippen molar-refractivity contribution in [2.45, 2.75) is 58.4 Å². The van der Waals surface area contributed by atoms with Gasteiger partial charge in [0.25, 0.3) is 0 Å². The van der Waals surface area contributed by atoms with E-state index in [1.165, 1.54) is 51.6 Å². The van der Waals surface area contributed by atoms with E-state index in [1.54, 1.807) is 0 Å². The van der Waals surface area contributed by atoms with Crippen LogP contribution in [0, 0.1) is 5.92 Å². The summed E-state index contributed by atoms with van der Waals surface area (Å²) in [5, 5.41) is 1.15. The molecule has 1 rings (SSSR count). The van der Waals surface area contributed by atoms with E-state index >= 15 is 0 Å². The van der Waals surface area contributed by atoms with Crippen LogP contribution in [0.3, 0.4) is 0 Å². The summed E-state index contributed by atoms with van der Waals surface area (Å²) < 4.78 is 0. The highest BCUT2D eigenvalue weighted by atomic mass is 79.9. The quantitative estimate of drug-likeness (QED) is 0.604. The largest absolute Gasteiger partial charge is 0.300 e. The number of nitrogens with zero attached hydrogens (tertiary/aromatic N) is 1. The Labute approximate surface area is 104 Å². The van der Waals surface area contributed by atoms with Gasteiger partial charge in [0.1, 0.15) is 0 Å². The van der Waals surface area contributed by atoms with Crippen molar-refractivity contribution in [3.8, 4) is 0 Å². The predicted molar refractivity (Wildman–Crippen MR) is 71.7 cm³/mol. The maximum Gasteiger partial charge on any atom is 0.00953 e. The van der Waals surface area contributed by atoms with Gasteiger partial charge in [-0.25, -0.2) is 0 Å². The van der Waals surface area contributed by atoms with Crippen molar-refractivity contribution in [1.29, 1.82) is 0 Å². The molecule has 0 aliphatic heterocycles. The van der Waals surface area contributed by atoms with Crippen LogP contribution in [0.2, 0.25) is 0 Å². The second-order valence-electron chi connectivity index (χ2n) is 4.80. The Morgan fingerprint density at radius 3 is 2.33 bits per heavy atom. The first-order chi connectivity index (χ1) is 7.31. The summed E-state index contributed by atoms with van der Waals surface area (Å²) in [6, 6.07) is 0.921. The Hall–Kier alpha value is 0.440. The van der Waals surface area contributed by atoms with E-state index in [1.807, 2.05) is 0 Å². The minimum absolute atomic E-state index is 0.918. The molecule has 1 fully saturated rings. The van der Waals surface area contributed by atoms with Gasteiger partial charge in [0.05, 0.1) is 0 Å². The molecule has 0 heterocycles. The zero-order chi connectivity index (χ0) is 11.1. The third kappa shape index (κ3) is 4.44. The first-order valence-electron chi connectivity index (χ1n) is 6.61. The molecular formula is C13H26BrN. The fourth-order valence-electron chi connectivity index (χ4n) is 2.32. The first-order valence-corrected chi connectivity index (χ1v) is 7.73. The third-order valence-corrected chi connectivity index (χ3v) is 4.38. The van der Waals surface area contributed by atoms with Gasteiger partial charge in [0.2, 0.25) is 0 Å². The van der Waals surface area contributed by atoms with Gasteiger partial charge < -0.3 is 4.90 Å². The molecule has 1 nitrogen and oxygen atoms in total. The molecule has 0 bridgehead atoms. The SMILES string of the molecule is CCC(CC)CN(CCCBr)C1CCC1. The van der Waals surface area contributed by atoms with Gasteiger partial charge in [-0.1, -0.05) is 49.0 Å². The molecule has 0 aromatic heterocycles. The normalized spacial score (nSPS) is 17.4. The lowest BCUT2D eigenvalue weighted by Crippen LogP contribution is -2.43. The average Bonchev–Trinajstić information content (AvgIpc) is 2.19. The predicted octanol–water partition coefficient (Wildman–Crippen LogP) is 4.06. The van der Waals surface area contributed by atoms with E-state index in [4.69, 9.17) is 0 Å². The van der Waals surface area contributed by atoms with Crippen molar-refractivity contribution < 1.29 is 0 Å². The number of hydrogen-bond donors (Lipinski definition) is 0. The molecule has 0 spiro atoms. The molecule has 0 saturated heterocycles. The van der Waals surface area contributed by atoms with Crippen LogP contribution in [0.15, 0.2) is 0 Å². The first kappa shape index (κ1) is 13.5. The molecule has 0 aromatic carbocycles. The van der Waals surface area contributed by atoms with Crippen LogP contribution >= 0.6 is 15.9 Å². The second-order valence-corrected chi connectivity index (χ2v) is 5.60. The van der Waals surface area contributed by atoms with Gasteiger partial charge in [0.15, 0.2) is 0 Å². The topological polar surface area (TPSA) is 3.24 Å². The maximum atomic E-state index is 3.54. The summed E-state index contributed by atoms with van der Waals surface area (Å²) in [5.74, 6) is 0.918. The van der Waals surface area contributed by atoms with Crippen molar-refractivity contribution in [3.63, 3.8) is 0 Å². The van der Waals surface area contributed by atoms with E-state index in [0.717, 1.165) is 17.3 Å². The summed E-state index contributed by atoms with van der Waals surface area (Å²) in [6.07, 6.45) is 8.34. The van der Waals surface area contributed by atoms with E-state index in [-0.39, 0.29) is 0 Å². The van der Waals surface area contributed by atoms with Crippen LogP contribution in [-0.2, 0) is 0 Å². The molecule has 0 radical (unpaired) electrons. The van der Waals surface area contributed by atoms with Crippen molar-refractivity contribution in [2.75, 3.05) is 18.4 Å². The van der Waals surface area contributed by atoms with Gasteiger partial charge >= 0.3 is 0 Å². The number of halogens is 1. The highest BCUT2D eigenvalue weighted by molar-refractivity contribution is 9.09. The molecule has 1 saturated carbocycles. The highest BCUT2D eigenvalue weighted by Gasteiger charge is 2.25. The molecule has 1 aliphatic carbocycles. The van der Waals surface area contributed by atoms with Gasteiger partial charge in [0, 0.05) is 17.9 Å². The summed E-state index contributed by atoms with van der Waals surface area (Å²) >= 11 is 3.54. The molecule has 0 aromatic rings. The molecule has 0 unspecified atom stereocenters. The number of alkyl halides is 1. The Morgan fingerprint density at radius 1 is 1.27 bits per heavy atom. The molecular weight excluding hydrogens is 250 g/mol. The Bertz CT molecular complexity index is 153. The smallest absolute Gasteiger partial charge is 0.00953 e. The Kier molecular flexibility index (Phi) is 6.91. The van der Waals surface area contributed by atoms with Crippen molar-refractivity contribution in [3.05, 3.63) is 0 Å². The van der Waals surface area contributed by atoms with E-state index in [0.29, 0.717) is 0 Å². The van der Waals surface area contributed by atoms with E-state index < -0.39 is 0 Å². The summed E-state index contributed by atoms with van der Waals surface area (Å²) in [4.78, 5) is 2.75. The minimum Gasteiger partial charge on any atom is -0.300 e. The van der Waals surface area contributed by atoms with Crippen LogP contribution in [0.25, 0.3) is 0 Å². The fraction of sp³-hybridized carbons (Fsp3) is 1.00. The monoisotopic (exact) mass is 275 g/mol. The van der Waals surface area contributed by atoms with Crippen molar-refractivity contribution in [2.24, 2.45) is 5.92 Å². The Balaban J connectivity index is 2.32. The van der Waals surface area contributed by atoms with Crippen LogP contribution < -0.4 is 0 Å². The molecule has 0 atom stereocenters. The van der Waals surface area contributed by atoms with Crippen molar-refractivity contribution >= 4 is 15.9 Å². The molecule has 2 heteroatoms. The van der Waals surface area contributed by atoms with Gasteiger partial charge in [-0.3, -0.25) is 0 Å². The van der Waals surface area contributed by atoms with Gasteiger partial charge in [-0.05, 0) is 31.7 Å². The summed E-state index contributed by atoms with van der Waals surface area (Å²) in [6.45, 7) is 7.30. The lowest BCUT2D eigenvalue weighted by Gasteiger charge is -2.39. The maximum absolute atomic E-state index is 3.54.